The fourth-order valence-corrected chi connectivity index (χ4v) is 6.12. The lowest BCUT2D eigenvalue weighted by atomic mass is 10.0. The van der Waals surface area contributed by atoms with Gasteiger partial charge in [0.15, 0.2) is 0 Å². The van der Waals surface area contributed by atoms with Crippen molar-refractivity contribution in [3.8, 4) is 0 Å². The molecule has 0 radical (unpaired) electrons. The van der Waals surface area contributed by atoms with E-state index in [-0.39, 0.29) is 17.4 Å². The molecule has 0 spiro atoms. The molecule has 0 unspecified atom stereocenters. The lowest BCUT2D eigenvalue weighted by molar-refractivity contribution is -0.125. The van der Waals surface area contributed by atoms with Crippen LogP contribution in [0, 0.1) is 5.92 Å². The molecular weight excluding hydrogens is 466 g/mol. The average Bonchev–Trinajstić information content (AvgIpc) is 3.11. The summed E-state index contributed by atoms with van der Waals surface area (Å²) in [6.45, 7) is 5.09. The van der Waals surface area contributed by atoms with E-state index in [0.29, 0.717) is 30.6 Å². The number of hydrogen-bond donors (Lipinski definition) is 1. The van der Waals surface area contributed by atoms with Crippen LogP contribution >= 0.6 is 0 Å². The second-order valence-electron chi connectivity index (χ2n) is 9.50. The Balaban J connectivity index is 1.45. The quantitative estimate of drug-likeness (QED) is 0.564. The van der Waals surface area contributed by atoms with E-state index in [4.69, 9.17) is 0 Å². The van der Waals surface area contributed by atoms with Gasteiger partial charge in [0.1, 0.15) is 6.04 Å². The summed E-state index contributed by atoms with van der Waals surface area (Å²) in [5, 5.41) is 2.83. The van der Waals surface area contributed by atoms with Crippen molar-refractivity contribution in [2.45, 2.75) is 57.0 Å². The molecule has 2 aliphatic rings. The molecule has 0 aliphatic carbocycles. The number of rotatable bonds is 8. The smallest absolute Gasteiger partial charge is 0.262 e. The Morgan fingerprint density at radius 3 is 2.03 bits per heavy atom. The second-order valence-corrected chi connectivity index (χ2v) is 11.4. The highest BCUT2D eigenvalue weighted by Gasteiger charge is 2.42. The number of nitrogens with zero attached hydrogens (tertiary/aromatic N) is 2. The average molecular weight is 498 g/mol. The first-order valence-electron chi connectivity index (χ1n) is 12.0. The third-order valence-corrected chi connectivity index (χ3v) is 8.39. The fourth-order valence-electron chi connectivity index (χ4n) is 4.61. The van der Waals surface area contributed by atoms with Crippen molar-refractivity contribution in [1.82, 2.24) is 14.5 Å². The van der Waals surface area contributed by atoms with Crippen molar-refractivity contribution in [2.75, 3.05) is 13.1 Å². The maximum atomic E-state index is 13.2. The zero-order valence-corrected chi connectivity index (χ0v) is 20.9. The van der Waals surface area contributed by atoms with Crippen LogP contribution in [-0.4, -0.2) is 54.5 Å². The van der Waals surface area contributed by atoms with Crippen LogP contribution in [0.3, 0.4) is 0 Å². The molecule has 0 aromatic heterocycles. The Morgan fingerprint density at radius 1 is 0.914 bits per heavy atom. The van der Waals surface area contributed by atoms with Crippen LogP contribution in [0.1, 0.15) is 65.8 Å². The maximum absolute atomic E-state index is 13.2. The normalized spacial score (nSPS) is 17.5. The van der Waals surface area contributed by atoms with E-state index < -0.39 is 33.8 Å². The fraction of sp³-hybridized carbons (Fsp3) is 0.423. The van der Waals surface area contributed by atoms with Crippen molar-refractivity contribution >= 4 is 27.7 Å². The molecule has 1 saturated heterocycles. The predicted molar refractivity (Wildman–Crippen MR) is 131 cm³/mol. The van der Waals surface area contributed by atoms with E-state index in [1.165, 1.54) is 4.31 Å². The van der Waals surface area contributed by atoms with Gasteiger partial charge in [-0.3, -0.25) is 19.3 Å². The third-order valence-electron chi connectivity index (χ3n) is 6.48. The van der Waals surface area contributed by atoms with Crippen molar-refractivity contribution in [1.29, 1.82) is 0 Å². The molecule has 3 amide bonds. The van der Waals surface area contributed by atoms with Gasteiger partial charge in [0.2, 0.25) is 15.9 Å². The molecule has 186 valence electrons. The molecule has 9 heteroatoms. The van der Waals surface area contributed by atoms with Crippen LogP contribution in [0.15, 0.2) is 53.4 Å². The zero-order valence-electron chi connectivity index (χ0n) is 20.1. The van der Waals surface area contributed by atoms with Crippen molar-refractivity contribution in [3.05, 3.63) is 65.2 Å². The number of amides is 3. The summed E-state index contributed by atoms with van der Waals surface area (Å²) in [7, 11) is -3.52. The Morgan fingerprint density at radius 2 is 1.49 bits per heavy atom. The highest BCUT2D eigenvalue weighted by molar-refractivity contribution is 7.89. The Bertz CT molecular complexity index is 1180. The van der Waals surface area contributed by atoms with Gasteiger partial charge in [-0.1, -0.05) is 44.5 Å². The summed E-state index contributed by atoms with van der Waals surface area (Å²) in [6, 6.07) is 12.1. The molecule has 0 saturated carbocycles. The largest absolute Gasteiger partial charge is 0.350 e. The van der Waals surface area contributed by atoms with Gasteiger partial charge in [0, 0.05) is 19.6 Å². The molecule has 1 atom stereocenters. The Kier molecular flexibility index (Phi) is 7.37. The number of fused-ring (bicyclic) bond motifs is 1. The summed E-state index contributed by atoms with van der Waals surface area (Å²) in [4.78, 5) is 40.3. The summed E-state index contributed by atoms with van der Waals surface area (Å²) in [5.41, 5.74) is 1.34. The Labute approximate surface area is 206 Å². The first-order valence-corrected chi connectivity index (χ1v) is 13.5. The molecule has 2 heterocycles. The van der Waals surface area contributed by atoms with Gasteiger partial charge >= 0.3 is 0 Å². The zero-order chi connectivity index (χ0) is 25.2. The number of hydrogen-bond acceptors (Lipinski definition) is 5. The molecule has 1 N–H and O–H groups in total. The number of imide groups is 1. The number of nitrogens with one attached hydrogen (secondary N) is 1. The molecule has 1 fully saturated rings. The number of sulfonamides is 1. The van der Waals surface area contributed by atoms with Gasteiger partial charge in [0.05, 0.1) is 16.0 Å². The number of benzene rings is 2. The van der Waals surface area contributed by atoms with Gasteiger partial charge in [0.25, 0.3) is 11.8 Å². The van der Waals surface area contributed by atoms with E-state index in [1.54, 1.807) is 48.5 Å². The SMILES string of the molecule is CC(C)C[C@H](C(=O)NCc1ccc(S(=O)(=O)N2CCCCC2)cc1)N1C(=O)c2ccccc2C1=O. The minimum atomic E-state index is -3.52. The topological polar surface area (TPSA) is 104 Å². The highest BCUT2D eigenvalue weighted by Crippen LogP contribution is 2.27. The minimum Gasteiger partial charge on any atom is -0.350 e. The first kappa shape index (κ1) is 25.1. The number of carbonyl (C=O) groups excluding carboxylic acids is 3. The second kappa shape index (κ2) is 10.3. The van der Waals surface area contributed by atoms with Gasteiger partial charge < -0.3 is 5.32 Å². The molecule has 2 aromatic rings. The minimum absolute atomic E-state index is 0.0781. The van der Waals surface area contributed by atoms with Crippen molar-refractivity contribution in [2.24, 2.45) is 5.92 Å². The van der Waals surface area contributed by atoms with Crippen LogP contribution in [0.4, 0.5) is 0 Å². The highest BCUT2D eigenvalue weighted by atomic mass is 32.2. The van der Waals surface area contributed by atoms with E-state index in [2.05, 4.69) is 5.32 Å². The van der Waals surface area contributed by atoms with Crippen LogP contribution in [0.25, 0.3) is 0 Å². The molecule has 2 aliphatic heterocycles. The predicted octanol–water partition coefficient (Wildman–Crippen LogP) is 3.19. The number of carbonyl (C=O) groups is 3. The van der Waals surface area contributed by atoms with E-state index in [0.717, 1.165) is 29.7 Å². The molecular formula is C26H31N3O5S. The summed E-state index contributed by atoms with van der Waals surface area (Å²) >= 11 is 0. The van der Waals surface area contributed by atoms with Crippen LogP contribution < -0.4 is 5.32 Å². The lowest BCUT2D eigenvalue weighted by Crippen LogP contribution is -2.50. The molecule has 0 bridgehead atoms. The van der Waals surface area contributed by atoms with Crippen LogP contribution in [0.5, 0.6) is 0 Å². The molecule has 35 heavy (non-hydrogen) atoms. The van der Waals surface area contributed by atoms with Crippen molar-refractivity contribution < 1.29 is 22.8 Å². The lowest BCUT2D eigenvalue weighted by Gasteiger charge is -2.27. The van der Waals surface area contributed by atoms with Gasteiger partial charge in [-0.05, 0) is 55.0 Å². The molecule has 8 nitrogen and oxygen atoms in total. The Hall–Kier alpha value is -3.04. The molecule has 4 rings (SSSR count). The van der Waals surface area contributed by atoms with E-state index in [9.17, 15) is 22.8 Å². The van der Waals surface area contributed by atoms with Gasteiger partial charge in [-0.15, -0.1) is 0 Å². The van der Waals surface area contributed by atoms with Gasteiger partial charge in [-0.2, -0.15) is 4.31 Å². The van der Waals surface area contributed by atoms with E-state index in [1.807, 2.05) is 13.8 Å². The first-order chi connectivity index (χ1) is 16.7. The molecule has 2 aromatic carbocycles. The standard InChI is InChI=1S/C26H31N3O5S/c1-18(2)16-23(29-25(31)21-8-4-5-9-22(21)26(29)32)24(30)27-17-19-10-12-20(13-11-19)35(33,34)28-14-6-3-7-15-28/h4-5,8-13,18,23H,3,6-7,14-17H2,1-2H3,(H,27,30)/t23-/m1/s1. The summed E-state index contributed by atoms with van der Waals surface area (Å²) in [6.07, 6.45) is 3.12. The third kappa shape index (κ3) is 5.16. The van der Waals surface area contributed by atoms with Crippen LogP contribution in [0.2, 0.25) is 0 Å². The summed E-state index contributed by atoms with van der Waals surface area (Å²) in [5.74, 6) is -1.26. The maximum Gasteiger partial charge on any atom is 0.262 e. The van der Waals surface area contributed by atoms with Crippen LogP contribution in [-0.2, 0) is 21.4 Å². The number of piperidine rings is 1. The monoisotopic (exact) mass is 497 g/mol. The van der Waals surface area contributed by atoms with E-state index >= 15 is 0 Å². The summed E-state index contributed by atoms with van der Waals surface area (Å²) < 4.78 is 27.2. The van der Waals surface area contributed by atoms with Crippen molar-refractivity contribution in [3.63, 3.8) is 0 Å². The van der Waals surface area contributed by atoms with Gasteiger partial charge in [-0.25, -0.2) is 8.42 Å².